The summed E-state index contributed by atoms with van der Waals surface area (Å²) in [5, 5.41) is 19.1. The molecule has 2 aromatic rings. The second-order valence-electron chi connectivity index (χ2n) is 4.76. The van der Waals surface area contributed by atoms with Gasteiger partial charge in [-0.3, -0.25) is 4.79 Å². The van der Waals surface area contributed by atoms with Crippen molar-refractivity contribution in [2.24, 2.45) is 0 Å². The van der Waals surface area contributed by atoms with Crippen LogP contribution in [0.1, 0.15) is 36.6 Å². The monoisotopic (exact) mass is 738 g/mol. The number of aromatic carboxylic acids is 2. The highest BCUT2D eigenvalue weighted by atomic mass is 79.9. The molecular weight excluding hydrogens is 740 g/mol. The Labute approximate surface area is 197 Å². The van der Waals surface area contributed by atoms with Gasteiger partial charge in [0, 0.05) is 38.0 Å². The van der Waals surface area contributed by atoms with Crippen LogP contribution in [0.4, 0.5) is 0 Å². The zero-order chi connectivity index (χ0) is 19.9. The molecule has 0 radical (unpaired) electrons. The van der Waals surface area contributed by atoms with Gasteiger partial charge in [-0.1, -0.05) is 0 Å². The van der Waals surface area contributed by atoms with Gasteiger partial charge in [0.15, 0.2) is 5.78 Å². The van der Waals surface area contributed by atoms with E-state index in [4.69, 9.17) is 0 Å². The Morgan fingerprint density at radius 3 is 1.19 bits per heavy atom. The van der Waals surface area contributed by atoms with E-state index >= 15 is 0 Å². The van der Waals surface area contributed by atoms with Crippen molar-refractivity contribution in [3.63, 3.8) is 0 Å². The topological polar surface area (TPSA) is 91.7 Å². The van der Waals surface area contributed by atoms with Crippen LogP contribution < -0.4 is 0 Å². The van der Waals surface area contributed by atoms with Crippen LogP contribution in [-0.4, -0.2) is 27.9 Å². The SMILES string of the molecule is O=C(c1cc(Br)c(Br)c(Br)c1C(=O)O)c1cc(Br)c(Br)c(Br)c1C(=O)O. The zero-order valence-electron chi connectivity index (χ0n) is 12.0. The number of halogens is 6. The summed E-state index contributed by atoms with van der Waals surface area (Å²) in [5.74, 6) is -3.41. The highest BCUT2D eigenvalue weighted by Gasteiger charge is 2.29. The Kier molecular flexibility index (Phi) is 7.28. The number of ketones is 1. The molecule has 0 amide bonds. The average molecular weight is 744 g/mol. The summed E-state index contributed by atoms with van der Waals surface area (Å²) >= 11 is 19.3. The van der Waals surface area contributed by atoms with Crippen LogP contribution in [-0.2, 0) is 0 Å². The van der Waals surface area contributed by atoms with Crippen molar-refractivity contribution in [3.8, 4) is 0 Å². The first-order valence-corrected chi connectivity index (χ1v) is 11.1. The molecule has 0 spiro atoms. The summed E-state index contributed by atoms with van der Waals surface area (Å²) in [4.78, 5) is 36.5. The summed E-state index contributed by atoms with van der Waals surface area (Å²) in [7, 11) is 0. The van der Waals surface area contributed by atoms with E-state index in [0.717, 1.165) is 0 Å². The molecule has 0 bridgehead atoms. The first kappa shape index (κ1) is 22.2. The summed E-state index contributed by atoms with van der Waals surface area (Å²) in [6.07, 6.45) is 0. The van der Waals surface area contributed by atoms with Crippen LogP contribution in [0.5, 0.6) is 0 Å². The van der Waals surface area contributed by atoms with Gasteiger partial charge in [0.2, 0.25) is 0 Å². The van der Waals surface area contributed by atoms with E-state index in [1.165, 1.54) is 12.1 Å². The second kappa shape index (κ2) is 8.52. The predicted octanol–water partition coefficient (Wildman–Crippen LogP) is 6.89. The number of carboxylic acids is 2. The van der Waals surface area contributed by atoms with Crippen molar-refractivity contribution < 1.29 is 24.6 Å². The zero-order valence-corrected chi connectivity index (χ0v) is 21.6. The van der Waals surface area contributed by atoms with Crippen molar-refractivity contribution in [1.29, 1.82) is 0 Å². The quantitative estimate of drug-likeness (QED) is 0.263. The van der Waals surface area contributed by atoms with Gasteiger partial charge in [-0.15, -0.1) is 0 Å². The fourth-order valence-electron chi connectivity index (χ4n) is 2.11. The van der Waals surface area contributed by atoms with E-state index in [-0.39, 0.29) is 31.2 Å². The first-order valence-electron chi connectivity index (χ1n) is 6.35. The molecule has 0 heterocycles. The molecule has 0 aliphatic heterocycles. The second-order valence-corrected chi connectivity index (χ2v) is 9.64. The van der Waals surface area contributed by atoms with E-state index in [0.29, 0.717) is 17.9 Å². The molecular formula is C15H4Br6O5. The van der Waals surface area contributed by atoms with Gasteiger partial charge < -0.3 is 10.2 Å². The number of carboxylic acid groups (broad SMARTS) is 2. The normalized spacial score (nSPS) is 10.7. The van der Waals surface area contributed by atoms with Crippen molar-refractivity contribution >= 4 is 113 Å². The molecule has 11 heteroatoms. The maximum absolute atomic E-state index is 13.1. The van der Waals surface area contributed by atoms with Crippen molar-refractivity contribution in [3.05, 3.63) is 61.2 Å². The van der Waals surface area contributed by atoms with Gasteiger partial charge in [-0.2, -0.15) is 0 Å². The van der Waals surface area contributed by atoms with Crippen LogP contribution in [0.25, 0.3) is 0 Å². The lowest BCUT2D eigenvalue weighted by Gasteiger charge is -2.14. The Morgan fingerprint density at radius 2 is 0.923 bits per heavy atom. The number of hydrogen-bond donors (Lipinski definition) is 2. The minimum atomic E-state index is -1.33. The van der Waals surface area contributed by atoms with Gasteiger partial charge in [-0.05, 0) is 108 Å². The summed E-state index contributed by atoms with van der Waals surface area (Å²) in [6.45, 7) is 0. The molecule has 5 nitrogen and oxygen atoms in total. The molecule has 2 aromatic carbocycles. The molecule has 2 N–H and O–H groups in total. The summed E-state index contributed by atoms with van der Waals surface area (Å²) in [6, 6.07) is 2.66. The number of carbonyl (C=O) groups excluding carboxylic acids is 1. The van der Waals surface area contributed by atoms with E-state index in [2.05, 4.69) is 95.6 Å². The molecule has 0 aliphatic rings. The largest absolute Gasteiger partial charge is 0.478 e. The van der Waals surface area contributed by atoms with Gasteiger partial charge in [0.1, 0.15) is 0 Å². The van der Waals surface area contributed by atoms with Crippen LogP contribution in [0, 0.1) is 0 Å². The lowest BCUT2D eigenvalue weighted by Crippen LogP contribution is -2.15. The van der Waals surface area contributed by atoms with Gasteiger partial charge >= 0.3 is 11.9 Å². The fraction of sp³-hybridized carbons (Fsp3) is 0. The van der Waals surface area contributed by atoms with Crippen molar-refractivity contribution in [2.45, 2.75) is 0 Å². The maximum Gasteiger partial charge on any atom is 0.337 e. The average Bonchev–Trinajstić information content (AvgIpc) is 2.55. The number of benzene rings is 2. The van der Waals surface area contributed by atoms with Gasteiger partial charge in [0.05, 0.1) is 11.1 Å². The predicted molar refractivity (Wildman–Crippen MR) is 116 cm³/mol. The molecule has 0 saturated carbocycles. The molecule has 26 heavy (non-hydrogen) atoms. The Bertz CT molecular complexity index is 908. The van der Waals surface area contributed by atoms with E-state index < -0.39 is 17.7 Å². The Balaban J connectivity index is 2.88. The standard InChI is InChI=1S/C15H4Br6O5/c16-5-1-3(7(14(23)24)11(20)9(5)18)13(22)4-2-6(17)10(19)12(21)8(4)15(25)26/h1-2H,(H,23,24)(H,25,26). The molecule has 0 aliphatic carbocycles. The number of rotatable bonds is 4. The summed E-state index contributed by atoms with van der Waals surface area (Å²) < 4.78 is 2.03. The summed E-state index contributed by atoms with van der Waals surface area (Å²) in [5.41, 5.74) is -0.890. The van der Waals surface area contributed by atoms with Gasteiger partial charge in [-0.25, -0.2) is 9.59 Å². The molecule has 0 fully saturated rings. The smallest absolute Gasteiger partial charge is 0.337 e. The maximum atomic E-state index is 13.1. The van der Waals surface area contributed by atoms with E-state index in [1.54, 1.807) is 0 Å². The number of hydrogen-bond acceptors (Lipinski definition) is 3. The van der Waals surface area contributed by atoms with E-state index in [9.17, 15) is 24.6 Å². The Hall–Kier alpha value is -0.0700. The molecule has 136 valence electrons. The van der Waals surface area contributed by atoms with Crippen molar-refractivity contribution in [2.75, 3.05) is 0 Å². The Morgan fingerprint density at radius 1 is 0.615 bits per heavy atom. The minimum absolute atomic E-state index is 0.162. The lowest BCUT2D eigenvalue weighted by molar-refractivity contribution is 0.0685. The van der Waals surface area contributed by atoms with Gasteiger partial charge in [0.25, 0.3) is 0 Å². The molecule has 0 aromatic heterocycles. The lowest BCUT2D eigenvalue weighted by atomic mass is 9.95. The molecule has 0 unspecified atom stereocenters. The van der Waals surface area contributed by atoms with E-state index in [1.807, 2.05) is 0 Å². The van der Waals surface area contributed by atoms with Crippen LogP contribution in [0.3, 0.4) is 0 Å². The molecule has 2 rings (SSSR count). The highest BCUT2D eigenvalue weighted by molar-refractivity contribution is 9.15. The highest BCUT2D eigenvalue weighted by Crippen LogP contribution is 2.40. The first-order chi connectivity index (χ1) is 12.0. The third kappa shape index (κ3) is 4.02. The molecule has 0 saturated heterocycles. The third-order valence-electron chi connectivity index (χ3n) is 3.24. The van der Waals surface area contributed by atoms with Crippen LogP contribution >= 0.6 is 95.6 Å². The number of carbonyl (C=O) groups is 3. The fourth-order valence-corrected chi connectivity index (χ4v) is 5.32. The molecule has 0 atom stereocenters. The van der Waals surface area contributed by atoms with Crippen LogP contribution in [0.2, 0.25) is 0 Å². The van der Waals surface area contributed by atoms with Crippen LogP contribution in [0.15, 0.2) is 39.0 Å². The third-order valence-corrected chi connectivity index (χ3v) is 9.85. The van der Waals surface area contributed by atoms with Crippen molar-refractivity contribution in [1.82, 2.24) is 0 Å². The minimum Gasteiger partial charge on any atom is -0.478 e.